The molecule has 0 radical (unpaired) electrons. The molecule has 0 unspecified atom stereocenters. The van der Waals surface area contributed by atoms with Crippen LogP contribution in [0.5, 0.6) is 0 Å². The minimum atomic E-state index is -0.334. The molecule has 0 atom stereocenters. The van der Waals surface area contributed by atoms with Gasteiger partial charge in [-0.15, -0.1) is 0 Å². The molecule has 1 aliphatic rings. The predicted octanol–water partition coefficient (Wildman–Crippen LogP) is 3.99. The van der Waals surface area contributed by atoms with Gasteiger partial charge in [0.05, 0.1) is 18.0 Å². The van der Waals surface area contributed by atoms with Crippen molar-refractivity contribution >= 4 is 0 Å². The highest BCUT2D eigenvalue weighted by molar-refractivity contribution is 5.33. The van der Waals surface area contributed by atoms with Crippen LogP contribution in [0.25, 0.3) is 0 Å². The highest BCUT2D eigenvalue weighted by Gasteiger charge is 2.36. The average molecular weight is 356 g/mol. The Morgan fingerprint density at radius 3 is 2.33 bits per heavy atom. The Bertz CT molecular complexity index is 901. The summed E-state index contributed by atoms with van der Waals surface area (Å²) in [5, 5.41) is 14.1. The first-order valence-electron chi connectivity index (χ1n) is 9.52. The van der Waals surface area contributed by atoms with Gasteiger partial charge in [0.2, 0.25) is 0 Å². The van der Waals surface area contributed by atoms with E-state index in [0.717, 1.165) is 44.6 Å². The number of rotatable bonds is 5. The molecule has 1 aromatic heterocycles. The number of hydrogen-bond acceptors (Lipinski definition) is 3. The first-order chi connectivity index (χ1) is 13.3. The number of hydrogen-bond donors (Lipinski definition) is 0. The Kier molecular flexibility index (Phi) is 5.04. The number of likely N-dealkylation sites (tertiary alicyclic amines) is 1. The van der Waals surface area contributed by atoms with Gasteiger partial charge in [-0.05, 0) is 35.6 Å². The van der Waals surface area contributed by atoms with Crippen molar-refractivity contribution in [2.45, 2.75) is 31.3 Å². The van der Waals surface area contributed by atoms with Crippen molar-refractivity contribution in [3.05, 3.63) is 89.7 Å². The molecular weight excluding hydrogens is 332 g/mol. The Balaban J connectivity index is 1.40. The van der Waals surface area contributed by atoms with E-state index in [0.29, 0.717) is 0 Å². The van der Waals surface area contributed by atoms with Gasteiger partial charge < -0.3 is 0 Å². The van der Waals surface area contributed by atoms with E-state index in [-0.39, 0.29) is 5.41 Å². The zero-order chi connectivity index (χ0) is 18.5. The second-order valence-electron chi connectivity index (χ2n) is 7.36. The zero-order valence-corrected chi connectivity index (χ0v) is 15.5. The topological polar surface area (TPSA) is 44.9 Å². The van der Waals surface area contributed by atoms with Crippen molar-refractivity contribution < 1.29 is 0 Å². The third kappa shape index (κ3) is 3.94. The van der Waals surface area contributed by atoms with E-state index in [4.69, 9.17) is 0 Å². The molecule has 1 fully saturated rings. The Labute approximate surface area is 160 Å². The molecule has 0 amide bonds. The molecular formula is C23H24N4. The van der Waals surface area contributed by atoms with Gasteiger partial charge in [0.1, 0.15) is 0 Å². The largest absolute Gasteiger partial charge is 0.299 e. The summed E-state index contributed by atoms with van der Waals surface area (Å²) >= 11 is 0. The molecule has 1 aliphatic heterocycles. The van der Waals surface area contributed by atoms with Crippen LogP contribution >= 0.6 is 0 Å². The monoisotopic (exact) mass is 356 g/mol. The number of piperidine rings is 1. The predicted molar refractivity (Wildman–Crippen MR) is 106 cm³/mol. The van der Waals surface area contributed by atoms with Gasteiger partial charge >= 0.3 is 0 Å². The number of nitriles is 1. The maximum atomic E-state index is 9.85. The highest BCUT2D eigenvalue weighted by Crippen LogP contribution is 2.35. The van der Waals surface area contributed by atoms with Crippen LogP contribution in [-0.4, -0.2) is 27.8 Å². The van der Waals surface area contributed by atoms with Crippen molar-refractivity contribution in [2.75, 3.05) is 13.1 Å². The van der Waals surface area contributed by atoms with Gasteiger partial charge in [0.25, 0.3) is 0 Å². The lowest BCUT2D eigenvalue weighted by molar-refractivity contribution is 0.179. The van der Waals surface area contributed by atoms with Crippen LogP contribution in [0, 0.1) is 11.3 Å². The summed E-state index contributed by atoms with van der Waals surface area (Å²) < 4.78 is 1.95. The molecule has 0 N–H and O–H groups in total. The molecule has 3 aromatic rings. The number of aromatic nitrogens is 2. The summed E-state index contributed by atoms with van der Waals surface area (Å²) in [5.74, 6) is 0. The number of nitrogens with zero attached hydrogens (tertiary/aromatic N) is 4. The van der Waals surface area contributed by atoms with E-state index in [1.165, 1.54) is 11.1 Å². The summed E-state index contributed by atoms with van der Waals surface area (Å²) in [5.41, 5.74) is 3.42. The van der Waals surface area contributed by atoms with E-state index >= 15 is 0 Å². The van der Waals surface area contributed by atoms with Gasteiger partial charge in [0, 0.05) is 32.0 Å². The van der Waals surface area contributed by atoms with Crippen molar-refractivity contribution in [3.8, 4) is 6.07 Å². The Morgan fingerprint density at radius 1 is 0.926 bits per heavy atom. The molecule has 0 aliphatic carbocycles. The minimum absolute atomic E-state index is 0.334. The Hall–Kier alpha value is -2.90. The summed E-state index contributed by atoms with van der Waals surface area (Å²) in [4.78, 5) is 2.46. The lowest BCUT2D eigenvalue weighted by atomic mass is 9.74. The maximum Gasteiger partial charge on any atom is 0.0846 e. The summed E-state index contributed by atoms with van der Waals surface area (Å²) in [6, 6.07) is 23.6. The second kappa shape index (κ2) is 7.77. The van der Waals surface area contributed by atoms with E-state index in [9.17, 15) is 5.26 Å². The summed E-state index contributed by atoms with van der Waals surface area (Å²) in [7, 11) is 0. The summed E-state index contributed by atoms with van der Waals surface area (Å²) in [6.07, 6.45) is 5.58. The molecule has 27 heavy (non-hydrogen) atoms. The van der Waals surface area contributed by atoms with Crippen LogP contribution in [-0.2, 0) is 18.5 Å². The lowest BCUT2D eigenvalue weighted by Gasteiger charge is -2.37. The molecule has 0 bridgehead atoms. The van der Waals surface area contributed by atoms with Crippen LogP contribution in [0.2, 0.25) is 0 Å². The third-order valence-electron chi connectivity index (χ3n) is 5.55. The minimum Gasteiger partial charge on any atom is -0.299 e. The van der Waals surface area contributed by atoms with Gasteiger partial charge in [-0.3, -0.25) is 9.58 Å². The standard InChI is InChI=1S/C23H24N4/c24-19-23(22-8-2-1-3-9-22)10-14-26(15-11-23)17-20-6-4-7-21(16-20)18-27-13-5-12-25-27/h1-9,12-13,16H,10-11,14-15,17-18H2. The van der Waals surface area contributed by atoms with E-state index < -0.39 is 0 Å². The van der Waals surface area contributed by atoms with Gasteiger partial charge in [-0.25, -0.2) is 0 Å². The maximum absolute atomic E-state index is 9.85. The van der Waals surface area contributed by atoms with Crippen LogP contribution in [0.4, 0.5) is 0 Å². The smallest absolute Gasteiger partial charge is 0.0846 e. The van der Waals surface area contributed by atoms with E-state index in [1.807, 2.05) is 41.3 Å². The van der Waals surface area contributed by atoms with Crippen LogP contribution in [0.1, 0.15) is 29.5 Å². The van der Waals surface area contributed by atoms with E-state index in [1.54, 1.807) is 0 Å². The number of benzene rings is 2. The fraction of sp³-hybridized carbons (Fsp3) is 0.304. The molecule has 136 valence electrons. The van der Waals surface area contributed by atoms with Gasteiger partial charge in [-0.2, -0.15) is 10.4 Å². The fourth-order valence-corrected chi connectivity index (χ4v) is 3.98. The molecule has 0 spiro atoms. The molecule has 4 heteroatoms. The van der Waals surface area contributed by atoms with Gasteiger partial charge in [-0.1, -0.05) is 54.6 Å². The van der Waals surface area contributed by atoms with Crippen LogP contribution in [0.15, 0.2) is 73.1 Å². The average Bonchev–Trinajstić information content (AvgIpc) is 3.23. The van der Waals surface area contributed by atoms with Gasteiger partial charge in [0.15, 0.2) is 0 Å². The molecule has 4 nitrogen and oxygen atoms in total. The molecule has 4 rings (SSSR count). The molecule has 2 aromatic carbocycles. The first kappa shape index (κ1) is 17.5. The van der Waals surface area contributed by atoms with E-state index in [2.05, 4.69) is 52.5 Å². The highest BCUT2D eigenvalue weighted by atomic mass is 15.3. The lowest BCUT2D eigenvalue weighted by Crippen LogP contribution is -2.41. The molecule has 1 saturated heterocycles. The van der Waals surface area contributed by atoms with Crippen molar-refractivity contribution in [1.82, 2.24) is 14.7 Å². The quantitative estimate of drug-likeness (QED) is 0.694. The van der Waals surface area contributed by atoms with Crippen molar-refractivity contribution in [1.29, 1.82) is 5.26 Å². The third-order valence-corrected chi connectivity index (χ3v) is 5.55. The zero-order valence-electron chi connectivity index (χ0n) is 15.5. The second-order valence-corrected chi connectivity index (χ2v) is 7.36. The van der Waals surface area contributed by atoms with Crippen LogP contribution in [0.3, 0.4) is 0 Å². The molecule has 2 heterocycles. The van der Waals surface area contributed by atoms with Crippen molar-refractivity contribution in [2.24, 2.45) is 0 Å². The Morgan fingerprint density at radius 2 is 1.67 bits per heavy atom. The first-order valence-corrected chi connectivity index (χ1v) is 9.52. The van der Waals surface area contributed by atoms with Crippen LogP contribution < -0.4 is 0 Å². The van der Waals surface area contributed by atoms with Crippen molar-refractivity contribution in [3.63, 3.8) is 0 Å². The molecule has 0 saturated carbocycles. The normalized spacial score (nSPS) is 16.7. The fourth-order valence-electron chi connectivity index (χ4n) is 3.98. The summed E-state index contributed by atoms with van der Waals surface area (Å²) in [6.45, 7) is 3.63. The SMILES string of the molecule is N#CC1(c2ccccc2)CCN(Cc2cccc(Cn3cccn3)c2)CC1.